The lowest BCUT2D eigenvalue weighted by molar-refractivity contribution is 0.628. The molecule has 0 aliphatic rings. The Labute approximate surface area is 134 Å². The molecule has 0 fully saturated rings. The first-order valence-electron chi connectivity index (χ1n) is 7.17. The van der Waals surface area contributed by atoms with Crippen LogP contribution in [0.2, 0.25) is 0 Å². The highest BCUT2D eigenvalue weighted by atomic mass is 35.5. The summed E-state index contributed by atoms with van der Waals surface area (Å²) in [7, 11) is 0. The van der Waals surface area contributed by atoms with Crippen LogP contribution < -0.4 is 0 Å². The Morgan fingerprint density at radius 1 is 1.14 bits per heavy atom. The third kappa shape index (κ3) is 2.49. The van der Waals surface area contributed by atoms with Crippen LogP contribution in [0.5, 0.6) is 0 Å². The van der Waals surface area contributed by atoms with E-state index in [2.05, 4.69) is 55.7 Å². The molecule has 0 N–H and O–H groups in total. The molecular formula is C17H19ClN2S. The first kappa shape index (κ1) is 14.6. The van der Waals surface area contributed by atoms with E-state index >= 15 is 0 Å². The molecule has 2 atom stereocenters. The van der Waals surface area contributed by atoms with Crippen LogP contribution in [0.25, 0.3) is 11.0 Å². The van der Waals surface area contributed by atoms with Crippen LogP contribution in [0.4, 0.5) is 0 Å². The van der Waals surface area contributed by atoms with Crippen LogP contribution in [0, 0.1) is 13.8 Å². The average Bonchev–Trinajstić information content (AvgIpc) is 3.02. The highest BCUT2D eigenvalue weighted by Gasteiger charge is 2.21. The lowest BCUT2D eigenvalue weighted by Crippen LogP contribution is -2.10. The molecule has 110 valence electrons. The minimum Gasteiger partial charge on any atom is -0.319 e. The van der Waals surface area contributed by atoms with E-state index in [1.54, 1.807) is 0 Å². The summed E-state index contributed by atoms with van der Waals surface area (Å²) in [5, 5.41) is -0.111. The van der Waals surface area contributed by atoms with Crippen molar-refractivity contribution in [2.45, 2.75) is 39.1 Å². The number of aryl methyl sites for hydroxylation is 2. The zero-order valence-electron chi connectivity index (χ0n) is 12.7. The predicted molar refractivity (Wildman–Crippen MR) is 91.6 cm³/mol. The lowest BCUT2D eigenvalue weighted by atomic mass is 10.2. The second-order valence-corrected chi connectivity index (χ2v) is 7.50. The molecule has 0 aliphatic heterocycles. The molecular weight excluding hydrogens is 300 g/mol. The highest BCUT2D eigenvalue weighted by molar-refractivity contribution is 7.12. The Bertz CT molecular complexity index is 785. The van der Waals surface area contributed by atoms with Crippen molar-refractivity contribution in [1.29, 1.82) is 0 Å². The topological polar surface area (TPSA) is 17.8 Å². The molecule has 0 radical (unpaired) electrons. The number of benzene rings is 1. The van der Waals surface area contributed by atoms with Gasteiger partial charge in [-0.25, -0.2) is 4.98 Å². The number of halogens is 1. The third-order valence-electron chi connectivity index (χ3n) is 3.87. The number of para-hydroxylation sites is 1. The van der Waals surface area contributed by atoms with Gasteiger partial charge in [-0.05, 0) is 51.5 Å². The van der Waals surface area contributed by atoms with Crippen LogP contribution in [0.1, 0.15) is 46.4 Å². The maximum Gasteiger partial charge on any atom is 0.128 e. The summed E-state index contributed by atoms with van der Waals surface area (Å²) in [6, 6.07) is 10.9. The van der Waals surface area contributed by atoms with Crippen molar-refractivity contribution in [2.24, 2.45) is 0 Å². The van der Waals surface area contributed by atoms with Gasteiger partial charge < -0.3 is 4.57 Å². The summed E-state index contributed by atoms with van der Waals surface area (Å²) >= 11 is 8.22. The molecule has 0 saturated heterocycles. The van der Waals surface area contributed by atoms with Crippen molar-refractivity contribution in [1.82, 2.24) is 9.55 Å². The molecule has 2 aromatic heterocycles. The number of imidazole rings is 1. The summed E-state index contributed by atoms with van der Waals surface area (Å²) in [5.74, 6) is 0.944. The van der Waals surface area contributed by atoms with E-state index in [9.17, 15) is 0 Å². The Morgan fingerprint density at radius 3 is 2.52 bits per heavy atom. The molecule has 1 aromatic carbocycles. The van der Waals surface area contributed by atoms with Crippen LogP contribution in [0.3, 0.4) is 0 Å². The van der Waals surface area contributed by atoms with E-state index in [1.165, 1.54) is 15.3 Å². The van der Waals surface area contributed by atoms with Gasteiger partial charge in [0.2, 0.25) is 0 Å². The van der Waals surface area contributed by atoms with Gasteiger partial charge in [-0.1, -0.05) is 12.1 Å². The lowest BCUT2D eigenvalue weighted by Gasteiger charge is -2.17. The first-order chi connectivity index (χ1) is 9.99. The zero-order chi connectivity index (χ0) is 15.1. The molecule has 3 aromatic rings. The van der Waals surface area contributed by atoms with Crippen molar-refractivity contribution in [2.75, 3.05) is 0 Å². The van der Waals surface area contributed by atoms with Gasteiger partial charge in [-0.3, -0.25) is 0 Å². The molecule has 2 nitrogen and oxygen atoms in total. The number of nitrogens with zero attached hydrogens (tertiary/aromatic N) is 2. The molecule has 4 heteroatoms. The van der Waals surface area contributed by atoms with E-state index in [0.29, 0.717) is 0 Å². The fourth-order valence-corrected chi connectivity index (χ4v) is 3.84. The van der Waals surface area contributed by atoms with Gasteiger partial charge in [0.25, 0.3) is 0 Å². The van der Waals surface area contributed by atoms with Gasteiger partial charge in [-0.15, -0.1) is 22.9 Å². The van der Waals surface area contributed by atoms with Gasteiger partial charge in [0.15, 0.2) is 0 Å². The maximum absolute atomic E-state index is 6.39. The highest BCUT2D eigenvalue weighted by Crippen LogP contribution is 2.34. The number of hydrogen-bond donors (Lipinski definition) is 0. The molecule has 2 heterocycles. The Balaban J connectivity index is 2.24. The molecule has 0 saturated carbocycles. The number of thiophene rings is 1. The van der Waals surface area contributed by atoms with Gasteiger partial charge in [0.05, 0.1) is 22.5 Å². The van der Waals surface area contributed by atoms with Crippen LogP contribution in [-0.4, -0.2) is 9.55 Å². The SMILES string of the molecule is Cc1ccc(C(C)n2c(C(C)Cl)nc3c(C)cccc32)s1. The first-order valence-corrected chi connectivity index (χ1v) is 8.42. The number of fused-ring (bicyclic) bond motifs is 1. The summed E-state index contributed by atoms with van der Waals surface area (Å²) in [6.07, 6.45) is 0. The summed E-state index contributed by atoms with van der Waals surface area (Å²) in [6.45, 7) is 8.45. The van der Waals surface area contributed by atoms with Gasteiger partial charge >= 0.3 is 0 Å². The van der Waals surface area contributed by atoms with E-state index in [0.717, 1.165) is 16.9 Å². The standard InChI is InChI=1S/C17H19ClN2S/c1-10-6-5-7-14-16(10)19-17(12(3)18)20(14)13(4)15-9-8-11(2)21-15/h5-9,12-13H,1-4H3. The molecule has 0 aliphatic carbocycles. The summed E-state index contributed by atoms with van der Waals surface area (Å²) in [5.41, 5.74) is 3.41. The minimum absolute atomic E-state index is 0.111. The summed E-state index contributed by atoms with van der Waals surface area (Å²) < 4.78 is 2.28. The van der Waals surface area contributed by atoms with Crippen molar-refractivity contribution in [3.8, 4) is 0 Å². The third-order valence-corrected chi connectivity index (χ3v) is 5.23. The Morgan fingerprint density at radius 2 is 1.90 bits per heavy atom. The van der Waals surface area contributed by atoms with Crippen LogP contribution >= 0.6 is 22.9 Å². The number of hydrogen-bond acceptors (Lipinski definition) is 2. The normalized spacial score (nSPS) is 14.5. The number of rotatable bonds is 3. The average molecular weight is 319 g/mol. The molecule has 2 unspecified atom stereocenters. The van der Waals surface area contributed by atoms with E-state index < -0.39 is 0 Å². The fourth-order valence-electron chi connectivity index (χ4n) is 2.77. The van der Waals surface area contributed by atoms with Gasteiger partial charge in [-0.2, -0.15) is 0 Å². The van der Waals surface area contributed by atoms with E-state index in [-0.39, 0.29) is 11.4 Å². The second-order valence-electron chi connectivity index (χ2n) is 5.52. The molecule has 0 spiro atoms. The van der Waals surface area contributed by atoms with Crippen molar-refractivity contribution in [3.05, 3.63) is 51.5 Å². The zero-order valence-corrected chi connectivity index (χ0v) is 14.3. The fraction of sp³-hybridized carbons (Fsp3) is 0.353. The minimum atomic E-state index is -0.111. The Kier molecular flexibility index (Phi) is 3.80. The van der Waals surface area contributed by atoms with Crippen LogP contribution in [0.15, 0.2) is 30.3 Å². The van der Waals surface area contributed by atoms with Gasteiger partial charge in [0.1, 0.15) is 5.82 Å². The van der Waals surface area contributed by atoms with Gasteiger partial charge in [0, 0.05) is 9.75 Å². The monoisotopic (exact) mass is 318 g/mol. The van der Waals surface area contributed by atoms with Crippen molar-refractivity contribution in [3.63, 3.8) is 0 Å². The Hall–Kier alpha value is -1.32. The smallest absolute Gasteiger partial charge is 0.128 e. The van der Waals surface area contributed by atoms with Crippen molar-refractivity contribution < 1.29 is 0 Å². The van der Waals surface area contributed by atoms with Crippen molar-refractivity contribution >= 4 is 34.0 Å². The predicted octanol–water partition coefficient (Wildman–Crippen LogP) is 5.62. The quantitative estimate of drug-likeness (QED) is 0.573. The molecule has 3 rings (SSSR count). The number of aromatic nitrogens is 2. The van der Waals surface area contributed by atoms with E-state index in [4.69, 9.17) is 16.6 Å². The second kappa shape index (κ2) is 5.47. The van der Waals surface area contributed by atoms with Crippen LogP contribution in [-0.2, 0) is 0 Å². The maximum atomic E-state index is 6.39. The molecule has 0 bridgehead atoms. The number of alkyl halides is 1. The molecule has 21 heavy (non-hydrogen) atoms. The van der Waals surface area contributed by atoms with E-state index in [1.807, 2.05) is 18.3 Å². The largest absolute Gasteiger partial charge is 0.319 e. The molecule has 0 amide bonds. The summed E-state index contributed by atoms with van der Waals surface area (Å²) in [4.78, 5) is 7.47.